The van der Waals surface area contributed by atoms with Gasteiger partial charge in [0.1, 0.15) is 0 Å². The highest BCUT2D eigenvalue weighted by Gasteiger charge is 2.48. The maximum absolute atomic E-state index is 2.45. The van der Waals surface area contributed by atoms with Crippen molar-refractivity contribution in [3.05, 3.63) is 15.8 Å². The van der Waals surface area contributed by atoms with Crippen molar-refractivity contribution in [2.45, 2.75) is 49.3 Å². The minimum atomic E-state index is 0.665. The van der Waals surface area contributed by atoms with Crippen molar-refractivity contribution in [1.29, 1.82) is 0 Å². The molecule has 2 heterocycles. The Labute approximate surface area is 94.1 Å². The van der Waals surface area contributed by atoms with Crippen LogP contribution in [-0.2, 0) is 5.41 Å². The third kappa shape index (κ3) is 1.27. The topological polar surface area (TPSA) is 0 Å². The van der Waals surface area contributed by atoms with Crippen LogP contribution in [0.4, 0.5) is 0 Å². The van der Waals surface area contributed by atoms with Gasteiger partial charge in [0, 0.05) is 20.1 Å². The van der Waals surface area contributed by atoms with Crippen molar-refractivity contribution < 1.29 is 0 Å². The molecule has 1 aliphatic carbocycles. The minimum Gasteiger partial charge on any atom is -0.143 e. The molecule has 2 heteroatoms. The second-order valence-electron chi connectivity index (χ2n) is 4.88. The average molecular weight is 224 g/mol. The molecule has 0 radical (unpaired) electrons. The highest BCUT2D eigenvalue weighted by atomic mass is 32.2. The molecule has 0 atom stereocenters. The Morgan fingerprint density at radius 3 is 2.71 bits per heavy atom. The largest absolute Gasteiger partial charge is 0.143 e. The number of hydrogen-bond donors (Lipinski definition) is 0. The smallest absolute Gasteiger partial charge is 0.0246 e. The fourth-order valence-electron chi connectivity index (χ4n) is 2.25. The fraction of sp³-hybridized carbons (Fsp3) is 0.667. The number of hydrogen-bond acceptors (Lipinski definition) is 2. The van der Waals surface area contributed by atoms with Crippen molar-refractivity contribution in [2.75, 3.05) is 5.75 Å². The number of thioether (sulfide) groups is 1. The molecule has 14 heavy (non-hydrogen) atoms. The summed E-state index contributed by atoms with van der Waals surface area (Å²) in [5.41, 5.74) is 0.665. The van der Waals surface area contributed by atoms with Gasteiger partial charge in [-0.05, 0) is 37.0 Å². The lowest BCUT2D eigenvalue weighted by atomic mass is 10.0. The molecule has 0 saturated heterocycles. The SMILES string of the molecule is CC(C)c1cc2c(s1)C1(CCS2)CC1. The van der Waals surface area contributed by atoms with Crippen LogP contribution >= 0.6 is 23.1 Å². The zero-order valence-electron chi connectivity index (χ0n) is 8.80. The number of thiophene rings is 1. The molecule has 0 unspecified atom stereocenters. The van der Waals surface area contributed by atoms with E-state index < -0.39 is 0 Å². The van der Waals surface area contributed by atoms with Gasteiger partial charge in [0.2, 0.25) is 0 Å². The van der Waals surface area contributed by atoms with Crippen LogP contribution in [0.1, 0.15) is 48.8 Å². The molecular formula is C12H16S2. The molecule has 0 aromatic carbocycles. The van der Waals surface area contributed by atoms with Gasteiger partial charge >= 0.3 is 0 Å². The normalized spacial score (nSPS) is 22.8. The third-order valence-electron chi connectivity index (χ3n) is 3.46. The molecular weight excluding hydrogens is 208 g/mol. The second kappa shape index (κ2) is 3.02. The summed E-state index contributed by atoms with van der Waals surface area (Å²) in [6, 6.07) is 2.45. The van der Waals surface area contributed by atoms with Crippen molar-refractivity contribution in [3.63, 3.8) is 0 Å². The van der Waals surface area contributed by atoms with E-state index >= 15 is 0 Å². The Balaban J connectivity index is 2.05. The summed E-state index contributed by atoms with van der Waals surface area (Å²) in [4.78, 5) is 4.94. The average Bonchev–Trinajstić information content (AvgIpc) is 2.77. The lowest BCUT2D eigenvalue weighted by Crippen LogP contribution is -2.10. The Bertz CT molecular complexity index is 358. The van der Waals surface area contributed by atoms with Crippen LogP contribution in [0, 0.1) is 0 Å². The highest BCUT2D eigenvalue weighted by Crippen LogP contribution is 2.59. The number of fused-ring (bicyclic) bond motifs is 2. The standard InChI is InChI=1S/C12H16S2/c1-8(2)9-7-10-11(14-9)12(3-4-12)5-6-13-10/h7-8H,3-6H2,1-2H3. The van der Waals surface area contributed by atoms with Crippen LogP contribution in [0.5, 0.6) is 0 Å². The Kier molecular flexibility index (Phi) is 2.00. The molecule has 0 nitrogen and oxygen atoms in total. The van der Waals surface area contributed by atoms with Crippen LogP contribution in [-0.4, -0.2) is 5.75 Å². The molecule has 1 saturated carbocycles. The van der Waals surface area contributed by atoms with Crippen LogP contribution in [0.3, 0.4) is 0 Å². The minimum absolute atomic E-state index is 0.665. The zero-order valence-corrected chi connectivity index (χ0v) is 10.4. The van der Waals surface area contributed by atoms with Gasteiger partial charge in [-0.25, -0.2) is 0 Å². The Morgan fingerprint density at radius 1 is 1.29 bits per heavy atom. The molecule has 1 aromatic heterocycles. The fourth-order valence-corrected chi connectivity index (χ4v) is 5.23. The zero-order chi connectivity index (χ0) is 9.76. The van der Waals surface area contributed by atoms with E-state index in [1.165, 1.54) is 25.0 Å². The second-order valence-corrected chi connectivity index (χ2v) is 7.10. The van der Waals surface area contributed by atoms with Gasteiger partial charge in [0.15, 0.2) is 0 Å². The van der Waals surface area contributed by atoms with E-state index in [2.05, 4.69) is 43.0 Å². The predicted molar refractivity (Wildman–Crippen MR) is 64.7 cm³/mol. The first-order chi connectivity index (χ1) is 6.71. The monoisotopic (exact) mass is 224 g/mol. The van der Waals surface area contributed by atoms with Crippen LogP contribution in [0.15, 0.2) is 11.0 Å². The first-order valence-electron chi connectivity index (χ1n) is 5.48. The summed E-state index contributed by atoms with van der Waals surface area (Å²) < 4.78 is 0. The summed E-state index contributed by atoms with van der Waals surface area (Å²) in [5, 5.41) is 0. The summed E-state index contributed by atoms with van der Waals surface area (Å²) in [6.45, 7) is 4.61. The molecule has 1 aliphatic heterocycles. The van der Waals surface area contributed by atoms with E-state index in [9.17, 15) is 0 Å². The lowest BCUT2D eigenvalue weighted by molar-refractivity contribution is 0.663. The van der Waals surface area contributed by atoms with E-state index in [-0.39, 0.29) is 0 Å². The van der Waals surface area contributed by atoms with Gasteiger partial charge in [-0.3, -0.25) is 0 Å². The van der Waals surface area contributed by atoms with Gasteiger partial charge in [-0.15, -0.1) is 23.1 Å². The molecule has 1 spiro atoms. The van der Waals surface area contributed by atoms with Gasteiger partial charge < -0.3 is 0 Å². The predicted octanol–water partition coefficient (Wildman–Crippen LogP) is 4.40. The van der Waals surface area contributed by atoms with E-state index in [0.29, 0.717) is 11.3 Å². The van der Waals surface area contributed by atoms with Gasteiger partial charge in [-0.2, -0.15) is 0 Å². The van der Waals surface area contributed by atoms with E-state index in [0.717, 1.165) is 0 Å². The van der Waals surface area contributed by atoms with Crippen LogP contribution in [0.25, 0.3) is 0 Å². The quantitative estimate of drug-likeness (QED) is 0.681. The molecule has 0 bridgehead atoms. The summed E-state index contributed by atoms with van der Waals surface area (Å²) in [5.74, 6) is 2.06. The molecule has 1 aromatic rings. The molecule has 0 N–H and O–H groups in total. The molecule has 3 rings (SSSR count). The number of rotatable bonds is 1. The van der Waals surface area contributed by atoms with Crippen molar-refractivity contribution in [3.8, 4) is 0 Å². The van der Waals surface area contributed by atoms with Crippen LogP contribution in [0.2, 0.25) is 0 Å². The molecule has 2 aliphatic rings. The molecule has 1 fully saturated rings. The van der Waals surface area contributed by atoms with Crippen molar-refractivity contribution in [2.24, 2.45) is 0 Å². The first kappa shape index (κ1) is 9.29. The Hall–Kier alpha value is 0.0500. The summed E-state index contributed by atoms with van der Waals surface area (Å²) in [7, 11) is 0. The summed E-state index contributed by atoms with van der Waals surface area (Å²) >= 11 is 4.17. The molecule has 76 valence electrons. The maximum atomic E-state index is 2.45. The first-order valence-corrected chi connectivity index (χ1v) is 7.28. The highest BCUT2D eigenvalue weighted by molar-refractivity contribution is 7.99. The molecule has 0 amide bonds. The van der Waals surface area contributed by atoms with E-state index in [1.807, 2.05) is 0 Å². The summed E-state index contributed by atoms with van der Waals surface area (Å²) in [6.07, 6.45) is 4.35. The lowest BCUT2D eigenvalue weighted by Gasteiger charge is -2.20. The maximum Gasteiger partial charge on any atom is 0.0246 e. The van der Waals surface area contributed by atoms with Crippen molar-refractivity contribution in [1.82, 2.24) is 0 Å². The van der Waals surface area contributed by atoms with Crippen molar-refractivity contribution >= 4 is 23.1 Å². The van der Waals surface area contributed by atoms with E-state index in [1.54, 1.807) is 14.6 Å². The van der Waals surface area contributed by atoms with Gasteiger partial charge in [-0.1, -0.05) is 13.8 Å². The third-order valence-corrected chi connectivity index (χ3v) is 6.31. The Morgan fingerprint density at radius 2 is 2.07 bits per heavy atom. The van der Waals surface area contributed by atoms with E-state index in [4.69, 9.17) is 0 Å². The van der Waals surface area contributed by atoms with Crippen LogP contribution < -0.4 is 0 Å². The van der Waals surface area contributed by atoms with Gasteiger partial charge in [0.25, 0.3) is 0 Å². The van der Waals surface area contributed by atoms with Gasteiger partial charge in [0.05, 0.1) is 0 Å².